The highest BCUT2D eigenvalue weighted by atomic mass is 35.5. The normalized spacial score (nSPS) is 12.9. The lowest BCUT2D eigenvalue weighted by Gasteiger charge is -2.15. The van der Waals surface area contributed by atoms with E-state index in [0.717, 1.165) is 16.7 Å². The summed E-state index contributed by atoms with van der Waals surface area (Å²) >= 11 is 24.9. The fourth-order valence-corrected chi connectivity index (χ4v) is 3.56. The first-order valence-corrected chi connectivity index (χ1v) is 9.95. The zero-order chi connectivity index (χ0) is 20.3. The van der Waals surface area contributed by atoms with Crippen LogP contribution in [0.1, 0.15) is 29.7 Å². The van der Waals surface area contributed by atoms with Crippen molar-refractivity contribution in [1.82, 2.24) is 9.55 Å². The number of nitrogens with zero attached hydrogens (tertiary/aromatic N) is 3. The molecule has 0 aliphatic carbocycles. The molecule has 0 saturated heterocycles. The van der Waals surface area contributed by atoms with Gasteiger partial charge < -0.3 is 9.40 Å². The molecular weight excluding hydrogens is 440 g/mol. The van der Waals surface area contributed by atoms with Gasteiger partial charge in [-0.25, -0.2) is 4.98 Å². The molecular formula is C20H17Cl4N3O. The van der Waals surface area contributed by atoms with Gasteiger partial charge in [-0.1, -0.05) is 51.6 Å². The largest absolute Gasteiger partial charge is 0.388 e. The van der Waals surface area contributed by atoms with Crippen LogP contribution in [0.2, 0.25) is 20.1 Å². The summed E-state index contributed by atoms with van der Waals surface area (Å²) in [4.78, 5) is 9.83. The summed E-state index contributed by atoms with van der Waals surface area (Å²) in [5.41, 5.74) is 3.02. The highest BCUT2D eigenvalue weighted by Gasteiger charge is 2.14. The average molecular weight is 457 g/mol. The molecule has 0 aliphatic heterocycles. The van der Waals surface area contributed by atoms with Gasteiger partial charge in [-0.05, 0) is 55.3 Å². The van der Waals surface area contributed by atoms with E-state index in [2.05, 4.69) is 10.1 Å². The topological polar surface area (TPSA) is 39.4 Å². The maximum absolute atomic E-state index is 6.38. The van der Waals surface area contributed by atoms with Crippen LogP contribution in [0.4, 0.5) is 0 Å². The molecule has 0 saturated carbocycles. The molecule has 1 heterocycles. The minimum atomic E-state index is -0.362. The first-order chi connectivity index (χ1) is 13.3. The molecule has 3 aromatic rings. The number of aromatic nitrogens is 2. The first-order valence-electron chi connectivity index (χ1n) is 8.44. The van der Waals surface area contributed by atoms with Gasteiger partial charge in [0.25, 0.3) is 0 Å². The van der Waals surface area contributed by atoms with Crippen molar-refractivity contribution in [3.8, 4) is 0 Å². The zero-order valence-electron chi connectivity index (χ0n) is 15.2. The van der Waals surface area contributed by atoms with Crippen LogP contribution in [-0.4, -0.2) is 15.3 Å². The Bertz CT molecular complexity index is 980. The Labute approximate surface area is 183 Å². The predicted octanol–water partition coefficient (Wildman–Crippen LogP) is 6.99. The predicted molar refractivity (Wildman–Crippen MR) is 116 cm³/mol. The van der Waals surface area contributed by atoms with E-state index in [-0.39, 0.29) is 6.10 Å². The highest BCUT2D eigenvalue weighted by molar-refractivity contribution is 6.37. The average Bonchev–Trinajstić information content (AvgIpc) is 3.16. The van der Waals surface area contributed by atoms with Crippen molar-refractivity contribution >= 4 is 52.1 Å². The Kier molecular flexibility index (Phi) is 6.89. The molecule has 0 bridgehead atoms. The number of hydrogen-bond acceptors (Lipinski definition) is 3. The summed E-state index contributed by atoms with van der Waals surface area (Å²) in [7, 11) is 0. The second kappa shape index (κ2) is 9.19. The van der Waals surface area contributed by atoms with Gasteiger partial charge in [0.05, 0.1) is 17.9 Å². The van der Waals surface area contributed by atoms with E-state index in [1.807, 2.05) is 42.8 Å². The van der Waals surface area contributed by atoms with E-state index in [0.29, 0.717) is 32.3 Å². The second-order valence-corrected chi connectivity index (χ2v) is 7.91. The van der Waals surface area contributed by atoms with Crippen LogP contribution in [0.5, 0.6) is 0 Å². The fourth-order valence-electron chi connectivity index (χ4n) is 2.54. The molecule has 1 aromatic heterocycles. The van der Waals surface area contributed by atoms with Crippen molar-refractivity contribution in [3.05, 3.63) is 85.8 Å². The van der Waals surface area contributed by atoms with Crippen LogP contribution in [-0.2, 0) is 11.4 Å². The molecule has 0 radical (unpaired) electrons. The molecule has 3 rings (SSSR count). The van der Waals surface area contributed by atoms with E-state index >= 15 is 0 Å². The van der Waals surface area contributed by atoms with E-state index in [1.165, 1.54) is 0 Å². The molecule has 0 fully saturated rings. The van der Waals surface area contributed by atoms with E-state index in [1.54, 1.807) is 24.7 Å². The van der Waals surface area contributed by atoms with Crippen LogP contribution < -0.4 is 0 Å². The lowest BCUT2D eigenvalue weighted by molar-refractivity contribution is 0.0718. The molecule has 0 amide bonds. The number of oxime groups is 1. The van der Waals surface area contributed by atoms with Gasteiger partial charge >= 0.3 is 0 Å². The highest BCUT2D eigenvalue weighted by Crippen LogP contribution is 2.30. The molecule has 2 aromatic carbocycles. The number of halogens is 4. The lowest BCUT2D eigenvalue weighted by atomic mass is 10.1. The molecule has 8 heteroatoms. The van der Waals surface area contributed by atoms with Gasteiger partial charge in [-0.2, -0.15) is 0 Å². The Morgan fingerprint density at radius 2 is 1.82 bits per heavy atom. The van der Waals surface area contributed by atoms with Crippen molar-refractivity contribution < 1.29 is 4.84 Å². The summed E-state index contributed by atoms with van der Waals surface area (Å²) in [5, 5.41) is 6.58. The number of hydrogen-bond donors (Lipinski definition) is 0. The van der Waals surface area contributed by atoms with Crippen LogP contribution in [0, 0.1) is 6.92 Å². The van der Waals surface area contributed by atoms with Gasteiger partial charge in [-0.3, -0.25) is 0 Å². The smallest absolute Gasteiger partial charge is 0.149 e. The molecule has 4 nitrogen and oxygen atoms in total. The van der Waals surface area contributed by atoms with Crippen molar-refractivity contribution in [2.75, 3.05) is 0 Å². The summed E-state index contributed by atoms with van der Waals surface area (Å²) < 4.78 is 1.87. The lowest BCUT2D eigenvalue weighted by Crippen LogP contribution is -2.12. The second-order valence-electron chi connectivity index (χ2n) is 6.25. The Balaban J connectivity index is 1.90. The standard InChI is InChI=1S/C20H17Cl4N3O/c1-12-17(22)7-14(8-18(12)23)13(2)28-26-20(10-27-6-5-25-11-27)16-4-3-15(21)9-19(16)24/h3-9,11,13H,10H2,1-2H3. The minimum absolute atomic E-state index is 0.362. The number of rotatable bonds is 6. The third-order valence-corrected chi connectivity index (χ3v) is 5.56. The SMILES string of the molecule is Cc1c(Cl)cc(C(C)ON=C(Cn2ccnc2)c2ccc(Cl)cc2Cl)cc1Cl. The van der Waals surface area contributed by atoms with Crippen LogP contribution in [0.3, 0.4) is 0 Å². The third-order valence-electron chi connectivity index (χ3n) is 4.23. The summed E-state index contributed by atoms with van der Waals surface area (Å²) in [6.07, 6.45) is 4.87. The molecule has 1 unspecified atom stereocenters. The summed E-state index contributed by atoms with van der Waals surface area (Å²) in [6, 6.07) is 8.90. The Morgan fingerprint density at radius 3 is 2.43 bits per heavy atom. The van der Waals surface area contributed by atoms with E-state index in [4.69, 9.17) is 51.2 Å². The molecule has 0 aliphatic rings. The van der Waals surface area contributed by atoms with Crippen molar-refractivity contribution in [3.63, 3.8) is 0 Å². The van der Waals surface area contributed by atoms with Crippen LogP contribution >= 0.6 is 46.4 Å². The molecule has 0 spiro atoms. The van der Waals surface area contributed by atoms with Crippen LogP contribution in [0.15, 0.2) is 54.2 Å². The molecule has 146 valence electrons. The Hall–Kier alpha value is -1.72. The quantitative estimate of drug-likeness (QED) is 0.296. The minimum Gasteiger partial charge on any atom is -0.388 e. The number of benzene rings is 2. The van der Waals surface area contributed by atoms with Gasteiger partial charge in [0, 0.05) is 33.0 Å². The number of imidazole rings is 1. The molecule has 0 N–H and O–H groups in total. The summed E-state index contributed by atoms with van der Waals surface area (Å²) in [6.45, 7) is 4.17. The van der Waals surface area contributed by atoms with E-state index in [9.17, 15) is 0 Å². The van der Waals surface area contributed by atoms with Gasteiger partial charge in [0.1, 0.15) is 11.8 Å². The third kappa shape index (κ3) is 5.00. The summed E-state index contributed by atoms with van der Waals surface area (Å²) in [5.74, 6) is 0. The molecule has 1 atom stereocenters. The van der Waals surface area contributed by atoms with Gasteiger partial charge in [-0.15, -0.1) is 0 Å². The van der Waals surface area contributed by atoms with Gasteiger partial charge in [0.15, 0.2) is 0 Å². The fraction of sp³-hybridized carbons (Fsp3) is 0.200. The van der Waals surface area contributed by atoms with E-state index < -0.39 is 0 Å². The first kappa shape index (κ1) is 21.0. The zero-order valence-corrected chi connectivity index (χ0v) is 18.2. The van der Waals surface area contributed by atoms with Crippen molar-refractivity contribution in [2.24, 2.45) is 5.16 Å². The maximum atomic E-state index is 6.38. The molecule has 28 heavy (non-hydrogen) atoms. The Morgan fingerprint density at radius 1 is 1.11 bits per heavy atom. The van der Waals surface area contributed by atoms with Crippen LogP contribution in [0.25, 0.3) is 0 Å². The van der Waals surface area contributed by atoms with Crippen molar-refractivity contribution in [2.45, 2.75) is 26.5 Å². The van der Waals surface area contributed by atoms with Gasteiger partial charge in [0.2, 0.25) is 0 Å². The maximum Gasteiger partial charge on any atom is 0.149 e. The van der Waals surface area contributed by atoms with Crippen molar-refractivity contribution in [1.29, 1.82) is 0 Å². The monoisotopic (exact) mass is 455 g/mol.